The number of anilines is 1. The minimum Gasteiger partial charge on any atom is -0.415 e. The van der Waals surface area contributed by atoms with Crippen molar-refractivity contribution in [2.75, 3.05) is 31.1 Å². The number of rotatable bonds is 5. The second kappa shape index (κ2) is 8.99. The Morgan fingerprint density at radius 2 is 1.91 bits per heavy atom. The second-order valence-electron chi connectivity index (χ2n) is 8.48. The third kappa shape index (κ3) is 4.35. The van der Waals surface area contributed by atoms with Crippen LogP contribution in [0.5, 0.6) is 0 Å². The van der Waals surface area contributed by atoms with Crippen LogP contribution in [0, 0.1) is 11.2 Å². The number of likely N-dealkylation sites (tertiary alicyclic amines) is 1. The summed E-state index contributed by atoms with van der Waals surface area (Å²) < 4.78 is 45.5. The summed E-state index contributed by atoms with van der Waals surface area (Å²) in [5.74, 6) is -1.56. The molecule has 34 heavy (non-hydrogen) atoms. The minimum atomic E-state index is -2.90. The molecule has 12 heteroatoms. The quantitative estimate of drug-likeness (QED) is 0.450. The molecule has 5 rings (SSSR count). The third-order valence-electron chi connectivity index (χ3n) is 6.02. The summed E-state index contributed by atoms with van der Waals surface area (Å²) in [6.45, 7) is 3.68. The summed E-state index contributed by atoms with van der Waals surface area (Å²) in [6.07, 6.45) is -2.90. The molecule has 178 valence electrons. The molecule has 0 saturated carbocycles. The molecule has 3 aromatic rings. The van der Waals surface area contributed by atoms with E-state index in [0.29, 0.717) is 26.4 Å². The van der Waals surface area contributed by atoms with E-state index in [1.807, 2.05) is 0 Å². The van der Waals surface area contributed by atoms with Crippen LogP contribution in [0.25, 0.3) is 11.5 Å². The van der Waals surface area contributed by atoms with Gasteiger partial charge in [-0.05, 0) is 42.5 Å². The van der Waals surface area contributed by atoms with E-state index in [4.69, 9.17) is 39.8 Å². The van der Waals surface area contributed by atoms with Gasteiger partial charge in [-0.25, -0.2) is 4.39 Å². The second-order valence-corrected chi connectivity index (χ2v) is 9.66. The van der Waals surface area contributed by atoms with Crippen molar-refractivity contribution in [1.29, 1.82) is 0 Å². The lowest BCUT2D eigenvalue weighted by Crippen LogP contribution is -2.73. The van der Waals surface area contributed by atoms with Gasteiger partial charge in [0, 0.05) is 48.4 Å². The Balaban J connectivity index is 1.41. The molecule has 2 fully saturated rings. The van der Waals surface area contributed by atoms with E-state index in [1.165, 1.54) is 18.2 Å². The van der Waals surface area contributed by atoms with E-state index in [2.05, 4.69) is 20.4 Å². The Kier molecular flexibility index (Phi) is 6.18. The van der Waals surface area contributed by atoms with Gasteiger partial charge in [0.1, 0.15) is 5.82 Å². The fourth-order valence-corrected chi connectivity index (χ4v) is 4.70. The molecule has 6 nitrogen and oxygen atoms in total. The van der Waals surface area contributed by atoms with Gasteiger partial charge >= 0.3 is 6.43 Å². The van der Waals surface area contributed by atoms with Crippen molar-refractivity contribution in [3.63, 3.8) is 0 Å². The van der Waals surface area contributed by atoms with Gasteiger partial charge in [0.05, 0.1) is 16.6 Å². The first-order valence-corrected chi connectivity index (χ1v) is 11.5. The Morgan fingerprint density at radius 1 is 1.15 bits per heavy atom. The van der Waals surface area contributed by atoms with Crippen LogP contribution in [-0.4, -0.2) is 46.4 Å². The number of nitrogens with one attached hydrogen (secondary N) is 1. The van der Waals surface area contributed by atoms with E-state index in [9.17, 15) is 8.78 Å². The van der Waals surface area contributed by atoms with Crippen molar-refractivity contribution in [3.05, 3.63) is 63.7 Å². The SMILES string of the molecule is Fc1cc(-c2nnc(C(F)F)o2)ccc1CN(C(=S)N1CC2(CNC2)C1)c1ccc(Cl)c(Cl)c1. The molecule has 0 unspecified atom stereocenters. The number of alkyl halides is 2. The normalized spacial score (nSPS) is 16.5. The van der Waals surface area contributed by atoms with Gasteiger partial charge in [0.25, 0.3) is 5.89 Å². The number of nitrogens with zero attached hydrogens (tertiary/aromatic N) is 4. The molecule has 0 bridgehead atoms. The molecule has 3 heterocycles. The Labute approximate surface area is 208 Å². The molecule has 2 saturated heterocycles. The van der Waals surface area contributed by atoms with E-state index in [1.54, 1.807) is 23.1 Å². The lowest BCUT2D eigenvalue weighted by Gasteiger charge is -2.57. The van der Waals surface area contributed by atoms with Crippen LogP contribution in [0.15, 0.2) is 40.8 Å². The molecule has 0 aliphatic carbocycles. The van der Waals surface area contributed by atoms with Gasteiger partial charge in [0.2, 0.25) is 5.89 Å². The van der Waals surface area contributed by atoms with Crippen molar-refractivity contribution >= 4 is 46.2 Å². The maximum Gasteiger partial charge on any atom is 0.314 e. The van der Waals surface area contributed by atoms with Gasteiger partial charge in [-0.3, -0.25) is 0 Å². The first kappa shape index (κ1) is 23.3. The summed E-state index contributed by atoms with van der Waals surface area (Å²) in [5, 5.41) is 11.5. The van der Waals surface area contributed by atoms with Crippen LogP contribution in [0.2, 0.25) is 10.0 Å². The fourth-order valence-electron chi connectivity index (χ4n) is 4.11. The smallest absolute Gasteiger partial charge is 0.314 e. The van der Waals surface area contributed by atoms with Crippen molar-refractivity contribution in [3.8, 4) is 11.5 Å². The molecule has 0 atom stereocenters. The average molecular weight is 528 g/mol. The Morgan fingerprint density at radius 3 is 2.50 bits per heavy atom. The van der Waals surface area contributed by atoms with Crippen molar-refractivity contribution in [2.24, 2.45) is 5.41 Å². The summed E-state index contributed by atoms with van der Waals surface area (Å²) in [4.78, 5) is 3.88. The van der Waals surface area contributed by atoms with Crippen LogP contribution >= 0.6 is 35.4 Å². The van der Waals surface area contributed by atoms with Crippen LogP contribution in [0.4, 0.5) is 18.9 Å². The zero-order valence-corrected chi connectivity index (χ0v) is 19.9. The number of benzene rings is 2. The zero-order chi connectivity index (χ0) is 24.0. The monoisotopic (exact) mass is 527 g/mol. The predicted molar refractivity (Wildman–Crippen MR) is 127 cm³/mol. The lowest BCUT2D eigenvalue weighted by atomic mass is 9.75. The van der Waals surface area contributed by atoms with Gasteiger partial charge in [-0.2, -0.15) is 8.78 Å². The zero-order valence-electron chi connectivity index (χ0n) is 17.6. The maximum atomic E-state index is 15.1. The summed E-state index contributed by atoms with van der Waals surface area (Å²) in [7, 11) is 0. The maximum absolute atomic E-state index is 15.1. The number of hydrogen-bond acceptors (Lipinski definition) is 5. The van der Waals surface area contributed by atoms with Gasteiger partial charge in [-0.1, -0.05) is 29.3 Å². The highest BCUT2D eigenvalue weighted by molar-refractivity contribution is 7.80. The summed E-state index contributed by atoms with van der Waals surface area (Å²) >= 11 is 18.1. The van der Waals surface area contributed by atoms with Crippen molar-refractivity contribution in [2.45, 2.75) is 13.0 Å². The first-order chi connectivity index (χ1) is 16.2. The molecule has 2 aromatic carbocycles. The van der Waals surface area contributed by atoms with E-state index in [0.717, 1.165) is 26.2 Å². The largest absolute Gasteiger partial charge is 0.415 e. The topological polar surface area (TPSA) is 57.4 Å². The number of hydrogen-bond donors (Lipinski definition) is 1. The third-order valence-corrected chi connectivity index (χ3v) is 7.24. The van der Waals surface area contributed by atoms with Crippen LogP contribution < -0.4 is 10.2 Å². The molecule has 0 radical (unpaired) electrons. The highest BCUT2D eigenvalue weighted by atomic mass is 35.5. The number of aromatic nitrogens is 2. The Hall–Kier alpha value is -2.40. The van der Waals surface area contributed by atoms with Crippen molar-refractivity contribution in [1.82, 2.24) is 20.4 Å². The highest BCUT2D eigenvalue weighted by Gasteiger charge is 2.49. The molecular weight excluding hydrogens is 510 g/mol. The van der Waals surface area contributed by atoms with Gasteiger partial charge < -0.3 is 19.5 Å². The first-order valence-electron chi connectivity index (χ1n) is 10.4. The van der Waals surface area contributed by atoms with Crippen molar-refractivity contribution < 1.29 is 17.6 Å². The average Bonchev–Trinajstić information content (AvgIpc) is 3.23. The highest BCUT2D eigenvalue weighted by Crippen LogP contribution is 2.37. The lowest BCUT2D eigenvalue weighted by molar-refractivity contribution is 0.00757. The number of halogens is 5. The van der Waals surface area contributed by atoms with Crippen LogP contribution in [0.1, 0.15) is 17.9 Å². The van der Waals surface area contributed by atoms with E-state index >= 15 is 4.39 Å². The molecule has 1 aromatic heterocycles. The standard InChI is InChI=1S/C22H18Cl2F3N5OS/c23-15-4-3-14(6-16(15)24)32(21(34)31-10-22(11-31)8-28-9-22)7-13-2-1-12(5-17(13)25)19-29-30-20(33-19)18(26)27/h1-6,18,28H,7-11H2. The minimum absolute atomic E-state index is 0.122. The molecular formula is C22H18Cl2F3N5OS. The summed E-state index contributed by atoms with van der Waals surface area (Å²) in [6, 6.07) is 9.38. The molecule has 2 aliphatic rings. The van der Waals surface area contributed by atoms with E-state index < -0.39 is 18.1 Å². The molecule has 2 aliphatic heterocycles. The Bertz CT molecular complexity index is 1250. The number of thiocarbonyl (C=S) groups is 1. The fraction of sp³-hybridized carbons (Fsp3) is 0.318. The molecule has 1 spiro atoms. The molecule has 0 amide bonds. The summed E-state index contributed by atoms with van der Waals surface area (Å²) in [5.41, 5.74) is 1.47. The van der Waals surface area contributed by atoms with Crippen LogP contribution in [-0.2, 0) is 6.54 Å². The predicted octanol–water partition coefficient (Wildman–Crippen LogP) is 5.32. The van der Waals surface area contributed by atoms with Crippen LogP contribution in [0.3, 0.4) is 0 Å². The van der Waals surface area contributed by atoms with E-state index in [-0.39, 0.29) is 23.4 Å². The molecule has 1 N–H and O–H groups in total. The van der Waals surface area contributed by atoms with Gasteiger partial charge in [0.15, 0.2) is 5.11 Å². The van der Waals surface area contributed by atoms with Gasteiger partial charge in [-0.15, -0.1) is 10.2 Å².